The first-order chi connectivity index (χ1) is 14.8. The van der Waals surface area contributed by atoms with Crippen molar-refractivity contribution in [1.29, 1.82) is 0 Å². The van der Waals surface area contributed by atoms with Gasteiger partial charge in [-0.2, -0.15) is 0 Å². The Balaban J connectivity index is 3.32. The Labute approximate surface area is 208 Å². The average Bonchev–Trinajstić information content (AvgIpc) is 2.60. The molecule has 0 amide bonds. The highest BCUT2D eigenvalue weighted by atomic mass is 28.4. The molecule has 0 spiro atoms. The first-order valence-electron chi connectivity index (χ1n) is 12.2. The molecule has 4 nitrogen and oxygen atoms in total. The molecule has 0 aliphatic carbocycles. The lowest BCUT2D eigenvalue weighted by Gasteiger charge is -2.42. The van der Waals surface area contributed by atoms with Gasteiger partial charge in [0.1, 0.15) is 0 Å². The van der Waals surface area contributed by atoms with Crippen LogP contribution < -0.4 is 0 Å². The van der Waals surface area contributed by atoms with Crippen molar-refractivity contribution in [3.05, 3.63) is 42.0 Å². The van der Waals surface area contributed by atoms with E-state index in [-0.39, 0.29) is 18.3 Å². The van der Waals surface area contributed by atoms with Crippen LogP contribution in [0.15, 0.2) is 36.4 Å². The Hall–Kier alpha value is -0.332. The van der Waals surface area contributed by atoms with Gasteiger partial charge in [0.25, 0.3) is 0 Å². The van der Waals surface area contributed by atoms with Gasteiger partial charge in [0, 0.05) is 0 Å². The summed E-state index contributed by atoms with van der Waals surface area (Å²) in [6, 6.07) is 10.4. The zero-order valence-electron chi connectivity index (χ0n) is 23.3. The van der Waals surface area contributed by atoms with Crippen LogP contribution in [0.5, 0.6) is 0 Å². The maximum Gasteiger partial charge on any atom is 0.184 e. The molecule has 0 radical (unpaired) electrons. The van der Waals surface area contributed by atoms with Crippen molar-refractivity contribution in [1.82, 2.24) is 0 Å². The predicted molar refractivity (Wildman–Crippen MR) is 154 cm³/mol. The minimum absolute atomic E-state index is 0.0741. The smallest absolute Gasteiger partial charge is 0.184 e. The normalized spacial score (nSPS) is 16.7. The molecule has 0 aliphatic rings. The minimum atomic E-state index is -1.87. The molecule has 0 unspecified atom stereocenters. The second-order valence-corrected chi connectivity index (χ2v) is 30.6. The van der Waals surface area contributed by atoms with Gasteiger partial charge >= 0.3 is 0 Å². The highest BCUT2D eigenvalue weighted by molar-refractivity contribution is 6.71. The number of hydrogen-bond acceptors (Lipinski definition) is 4. The van der Waals surface area contributed by atoms with Crippen LogP contribution in [0.25, 0.3) is 6.08 Å². The van der Waals surface area contributed by atoms with Gasteiger partial charge in [-0.15, -0.1) is 0 Å². The molecule has 33 heavy (non-hydrogen) atoms. The summed E-state index contributed by atoms with van der Waals surface area (Å²) in [6.07, 6.45) is 4.82. The highest BCUT2D eigenvalue weighted by Gasteiger charge is 2.39. The third-order valence-corrected chi connectivity index (χ3v) is 8.42. The van der Waals surface area contributed by atoms with Gasteiger partial charge in [-0.05, 0) is 90.5 Å². The fourth-order valence-electron chi connectivity index (χ4n) is 3.39. The van der Waals surface area contributed by atoms with E-state index in [9.17, 15) is 0 Å². The number of hydrogen-bond donors (Lipinski definition) is 0. The van der Waals surface area contributed by atoms with Gasteiger partial charge in [-0.25, -0.2) is 0 Å². The zero-order chi connectivity index (χ0) is 25.5. The van der Waals surface area contributed by atoms with Crippen molar-refractivity contribution >= 4 is 39.3 Å². The monoisotopic (exact) mass is 526 g/mol. The summed E-state index contributed by atoms with van der Waals surface area (Å²) in [7, 11) is -7.24. The van der Waals surface area contributed by atoms with E-state index >= 15 is 0 Å². The summed E-state index contributed by atoms with van der Waals surface area (Å²) >= 11 is 0. The van der Waals surface area contributed by atoms with Crippen LogP contribution in [0, 0.1) is 0 Å². The lowest BCUT2D eigenvalue weighted by molar-refractivity contribution is -0.0483. The summed E-state index contributed by atoms with van der Waals surface area (Å²) < 4.78 is 26.8. The van der Waals surface area contributed by atoms with Crippen molar-refractivity contribution in [3.63, 3.8) is 0 Å². The van der Waals surface area contributed by atoms with E-state index in [0.717, 1.165) is 6.42 Å². The van der Waals surface area contributed by atoms with Crippen molar-refractivity contribution in [2.24, 2.45) is 0 Å². The maximum absolute atomic E-state index is 6.86. The molecule has 0 saturated carbocycles. The summed E-state index contributed by atoms with van der Waals surface area (Å²) in [6.45, 7) is 27.4. The zero-order valence-corrected chi connectivity index (χ0v) is 27.3. The second kappa shape index (κ2) is 12.6. The molecule has 0 saturated heterocycles. The fraction of sp³-hybridized carbons (Fsp3) is 0.680. The van der Waals surface area contributed by atoms with E-state index in [1.165, 1.54) is 5.56 Å². The van der Waals surface area contributed by atoms with Crippen LogP contribution in [0.2, 0.25) is 78.6 Å². The summed E-state index contributed by atoms with van der Waals surface area (Å²) in [4.78, 5) is 0. The first-order valence-corrected chi connectivity index (χ1v) is 25.9. The molecule has 0 aromatic heterocycles. The third kappa shape index (κ3) is 15.3. The standard InChI is InChI=1S/C25H50O4Si4/c1-30(2,3)26-21-24(28-32(7,8)9)25(29-33(10,11)12)23(27-31(4,5)6)20-16-19-22-17-14-13-15-18-22/h13-19,23-25H,20-21H2,1-12H3/b19-16+/t23-,24-,25-/m1/s1. The molecular formula is C25H50O4Si4. The molecule has 0 N–H and O–H groups in total. The molecule has 0 aliphatic heterocycles. The van der Waals surface area contributed by atoms with Crippen molar-refractivity contribution < 1.29 is 17.7 Å². The first kappa shape index (κ1) is 30.7. The largest absolute Gasteiger partial charge is 0.415 e. The molecule has 190 valence electrons. The van der Waals surface area contributed by atoms with E-state index in [4.69, 9.17) is 17.7 Å². The molecule has 1 rings (SSSR count). The van der Waals surface area contributed by atoms with E-state index in [1.54, 1.807) is 0 Å². The Morgan fingerprint density at radius 3 is 1.58 bits per heavy atom. The molecule has 3 atom stereocenters. The van der Waals surface area contributed by atoms with Crippen LogP contribution in [0.1, 0.15) is 12.0 Å². The lowest BCUT2D eigenvalue weighted by Crippen LogP contribution is -2.54. The van der Waals surface area contributed by atoms with Gasteiger partial charge in [0.05, 0.1) is 24.9 Å². The Morgan fingerprint density at radius 1 is 0.636 bits per heavy atom. The summed E-state index contributed by atoms with van der Waals surface area (Å²) in [5.41, 5.74) is 1.20. The Kier molecular flexibility index (Phi) is 11.7. The third-order valence-electron chi connectivity index (χ3n) is 4.39. The molecule has 1 aromatic rings. The van der Waals surface area contributed by atoms with Crippen molar-refractivity contribution in [2.45, 2.75) is 103 Å². The Morgan fingerprint density at radius 2 is 1.12 bits per heavy atom. The van der Waals surface area contributed by atoms with Crippen LogP contribution in [0.3, 0.4) is 0 Å². The molecule has 0 heterocycles. The van der Waals surface area contributed by atoms with E-state index < -0.39 is 33.3 Å². The molecular weight excluding hydrogens is 477 g/mol. The second-order valence-electron chi connectivity index (χ2n) is 12.7. The van der Waals surface area contributed by atoms with Gasteiger partial charge < -0.3 is 17.7 Å². The van der Waals surface area contributed by atoms with Gasteiger partial charge in [0.15, 0.2) is 33.3 Å². The van der Waals surface area contributed by atoms with Crippen LogP contribution >= 0.6 is 0 Å². The van der Waals surface area contributed by atoms with Gasteiger partial charge in [-0.3, -0.25) is 0 Å². The maximum atomic E-state index is 6.86. The van der Waals surface area contributed by atoms with Crippen molar-refractivity contribution in [3.8, 4) is 0 Å². The molecule has 0 fully saturated rings. The highest BCUT2D eigenvalue weighted by Crippen LogP contribution is 2.26. The van der Waals surface area contributed by atoms with Crippen LogP contribution in [-0.2, 0) is 17.7 Å². The molecule has 8 heteroatoms. The minimum Gasteiger partial charge on any atom is -0.415 e. The fourth-order valence-corrected chi connectivity index (χ4v) is 7.42. The van der Waals surface area contributed by atoms with Crippen LogP contribution in [-0.4, -0.2) is 58.2 Å². The number of rotatable bonds is 14. The van der Waals surface area contributed by atoms with Gasteiger partial charge in [-0.1, -0.05) is 42.5 Å². The topological polar surface area (TPSA) is 36.9 Å². The van der Waals surface area contributed by atoms with Crippen molar-refractivity contribution in [2.75, 3.05) is 6.61 Å². The number of benzene rings is 1. The predicted octanol–water partition coefficient (Wildman–Crippen LogP) is 7.60. The molecule has 0 bridgehead atoms. The quantitative estimate of drug-likeness (QED) is 0.234. The van der Waals surface area contributed by atoms with Crippen LogP contribution in [0.4, 0.5) is 0 Å². The SMILES string of the molecule is C[Si](C)(C)OC[C@@H](O[Si](C)(C)C)[C@H](O[Si](C)(C)C)[C@@H](C/C=C/c1ccccc1)O[Si](C)(C)C. The van der Waals surface area contributed by atoms with E-state index in [2.05, 4.69) is 115 Å². The Bertz CT molecular complexity index is 713. The average molecular weight is 527 g/mol. The van der Waals surface area contributed by atoms with E-state index in [1.807, 2.05) is 6.07 Å². The van der Waals surface area contributed by atoms with E-state index in [0.29, 0.717) is 6.61 Å². The molecule has 1 aromatic carbocycles. The van der Waals surface area contributed by atoms with Gasteiger partial charge in [0.2, 0.25) is 0 Å². The lowest BCUT2D eigenvalue weighted by atomic mass is 10.0. The summed E-state index contributed by atoms with van der Waals surface area (Å²) in [5, 5.41) is 0. The summed E-state index contributed by atoms with van der Waals surface area (Å²) in [5.74, 6) is 0.